The Balaban J connectivity index is 1.21. The van der Waals surface area contributed by atoms with Crippen molar-refractivity contribution in [2.24, 2.45) is 40.9 Å². The predicted octanol–water partition coefficient (Wildman–Crippen LogP) is 6.97. The Kier molecular flexibility index (Phi) is 30.4. The quantitative estimate of drug-likeness (QED) is 0.110. The number of alkyl halides is 4. The van der Waals surface area contributed by atoms with E-state index in [9.17, 15) is 28.0 Å². The van der Waals surface area contributed by atoms with Crippen LogP contribution in [0.5, 0.6) is 0 Å². The van der Waals surface area contributed by atoms with Gasteiger partial charge in [0.25, 0.3) is 0 Å². The second-order valence-electron chi connectivity index (χ2n) is 33.7. The fourth-order valence-corrected chi connectivity index (χ4v) is 19.3. The minimum Gasteiger partial charge on any atom is -0.377 e. The summed E-state index contributed by atoms with van der Waals surface area (Å²) in [5.74, 6) is -9.53. The molecular formula is C78H124Cl2F2N12O13. The van der Waals surface area contributed by atoms with E-state index >= 15 is 38.4 Å². The first-order chi connectivity index (χ1) is 50.5. The zero-order chi connectivity index (χ0) is 78.8. The normalized spacial score (nSPS) is 33.0. The number of ether oxygens (including phenoxy) is 1. The lowest BCUT2D eigenvalue weighted by molar-refractivity contribution is -0.161. The van der Waals surface area contributed by atoms with E-state index < -0.39 is 191 Å². The lowest BCUT2D eigenvalue weighted by Crippen LogP contribution is -2.71. The molecule has 12 atom stereocenters. The largest absolute Gasteiger partial charge is 0.377 e. The summed E-state index contributed by atoms with van der Waals surface area (Å²) in [6.45, 7) is 12.5. The number of amides is 12. The first-order valence-corrected chi connectivity index (χ1v) is 40.5. The van der Waals surface area contributed by atoms with Gasteiger partial charge in [0, 0.05) is 92.2 Å². The number of carbonyl (C=O) groups is 12. The third-order valence-electron chi connectivity index (χ3n) is 24.8. The molecule has 602 valence electrons. The van der Waals surface area contributed by atoms with Crippen LogP contribution in [0.2, 0.25) is 0 Å². The van der Waals surface area contributed by atoms with E-state index in [2.05, 4.69) is 22.9 Å². The molecule has 5 aliphatic carbocycles. The van der Waals surface area contributed by atoms with E-state index in [-0.39, 0.29) is 102 Å². The van der Waals surface area contributed by atoms with Crippen molar-refractivity contribution in [3.63, 3.8) is 0 Å². The molecule has 2 bridgehead atoms. The summed E-state index contributed by atoms with van der Waals surface area (Å²) in [5, 5.41) is 7.03. The number of hydrogen-bond donors (Lipinski definition) is 3. The van der Waals surface area contributed by atoms with Crippen molar-refractivity contribution in [2.75, 3.05) is 82.1 Å². The molecular weight excluding hydrogens is 1420 g/mol. The van der Waals surface area contributed by atoms with Gasteiger partial charge in [0.05, 0.1) is 25.0 Å². The molecule has 0 aromatic carbocycles. The summed E-state index contributed by atoms with van der Waals surface area (Å²) in [6, 6.07) is -10.3. The average Bonchev–Trinajstić information content (AvgIpc) is 1.15. The molecule has 8 rings (SSSR count). The van der Waals surface area contributed by atoms with Crippen LogP contribution in [0.3, 0.4) is 0 Å². The van der Waals surface area contributed by atoms with Crippen LogP contribution in [-0.2, 0) is 62.3 Å². The monoisotopic (exact) mass is 1540 g/mol. The molecule has 1 spiro atoms. The molecule has 3 heterocycles. The molecule has 107 heavy (non-hydrogen) atoms. The smallest absolute Gasteiger partial charge is 0.248 e. The summed E-state index contributed by atoms with van der Waals surface area (Å²) in [6.07, 6.45) is 8.98. The highest BCUT2D eigenvalue weighted by atomic mass is 35.5. The van der Waals surface area contributed by atoms with Crippen molar-refractivity contribution < 1.29 is 71.1 Å². The van der Waals surface area contributed by atoms with E-state index in [1.165, 1.54) is 93.4 Å². The van der Waals surface area contributed by atoms with Gasteiger partial charge in [-0.25, -0.2) is 8.78 Å². The van der Waals surface area contributed by atoms with Crippen LogP contribution in [0.15, 0.2) is 12.2 Å². The molecule has 25 nitrogen and oxygen atoms in total. The molecule has 3 aliphatic heterocycles. The van der Waals surface area contributed by atoms with Crippen LogP contribution in [-0.4, -0.2) is 280 Å². The molecule has 3 N–H and O–H groups in total. The number of hydrogen-bond acceptors (Lipinski definition) is 13. The second-order valence-corrected chi connectivity index (χ2v) is 34.8. The first kappa shape index (κ1) is 86.4. The summed E-state index contributed by atoms with van der Waals surface area (Å²) in [7, 11) is 10.3. The highest BCUT2D eigenvalue weighted by Gasteiger charge is 2.59. The maximum absolute atomic E-state index is 15.8. The maximum Gasteiger partial charge on any atom is 0.248 e. The summed E-state index contributed by atoms with van der Waals surface area (Å²) < 4.78 is 34.8. The Morgan fingerprint density at radius 3 is 1.90 bits per heavy atom. The zero-order valence-corrected chi connectivity index (χ0v) is 67.5. The van der Waals surface area contributed by atoms with E-state index in [4.69, 9.17) is 27.9 Å². The summed E-state index contributed by atoms with van der Waals surface area (Å²) in [4.78, 5) is 196. The Hall–Kier alpha value is -6.22. The zero-order valence-electron chi connectivity index (χ0n) is 66.0. The Morgan fingerprint density at radius 1 is 0.673 bits per heavy atom. The Bertz CT molecular complexity index is 3200. The third kappa shape index (κ3) is 20.9. The maximum atomic E-state index is 15.8. The van der Waals surface area contributed by atoms with Crippen molar-refractivity contribution >= 4 is 94.1 Å². The Morgan fingerprint density at radius 2 is 1.32 bits per heavy atom. The van der Waals surface area contributed by atoms with Crippen LogP contribution in [0.4, 0.5) is 8.78 Å². The fourth-order valence-electron chi connectivity index (χ4n) is 18.2. The molecule has 0 aromatic rings. The average molecular weight is 1550 g/mol. The van der Waals surface area contributed by atoms with Gasteiger partial charge in [0.1, 0.15) is 60.4 Å². The number of carbonyl (C=O) groups excluding carboxylic acids is 12. The van der Waals surface area contributed by atoms with Crippen LogP contribution >= 0.6 is 23.2 Å². The van der Waals surface area contributed by atoms with E-state index in [1.807, 2.05) is 46.8 Å². The Labute approximate surface area is 643 Å². The summed E-state index contributed by atoms with van der Waals surface area (Å²) >= 11 is 13.3. The topological polar surface area (TPSA) is 279 Å². The lowest BCUT2D eigenvalue weighted by Gasteiger charge is -2.54. The minimum absolute atomic E-state index is 0.00918. The molecule has 29 heteroatoms. The van der Waals surface area contributed by atoms with Gasteiger partial charge in [0.2, 0.25) is 77.3 Å². The molecule has 5 saturated carbocycles. The van der Waals surface area contributed by atoms with Crippen molar-refractivity contribution in [1.82, 2.24) is 60.0 Å². The van der Waals surface area contributed by atoms with Gasteiger partial charge in [-0.1, -0.05) is 105 Å². The minimum atomic E-state index is -2.78. The van der Waals surface area contributed by atoms with Crippen LogP contribution < -0.4 is 16.0 Å². The fraction of sp³-hybridized carbons (Fsp3) is 0.821. The van der Waals surface area contributed by atoms with Crippen LogP contribution in [0, 0.1) is 40.9 Å². The van der Waals surface area contributed by atoms with E-state index in [0.29, 0.717) is 50.9 Å². The van der Waals surface area contributed by atoms with Crippen molar-refractivity contribution in [3.8, 4) is 0 Å². The first-order valence-electron chi connectivity index (χ1n) is 39.7. The lowest BCUT2D eigenvalue weighted by atomic mass is 9.58. The molecule has 8 aliphatic rings. The number of halogens is 4. The SMILES string of the molecule is CCC[C@H]1C(=O)N[C@@H]([C@@H](C)CC)C(=O)N(C2CC2)CC(=O)N(C)[C@H]2C/C=C\CCN(C2=O)[C@@H](CC2CCC(C)CC2)C(=O)N(C)CC(=O)N[C@@H](CCC2CC(Cl)C(C(F)F)C(Cl)C2)C(=O)N2C[C@H](OCC)C[C@H]2C(=O)NC2(CC(C)(C)C2)C(=O)N(C)[C@@H](C2CCCC2)C(=O)N(C)[C@H](C(=O)N(C)C)CC(=O)N1C. The van der Waals surface area contributed by atoms with Crippen LogP contribution in [0.25, 0.3) is 0 Å². The summed E-state index contributed by atoms with van der Waals surface area (Å²) in [5.41, 5.74) is -2.14. The standard InChI is InChI=1S/C78H124Cl2F2N12O13/c1-15-23-56-68(98)84-65(47(5)16-2)74(104)93(51-32-33-51)43-63(97)89(12)57-26-19-18-22-35-92(73(57)103)60(38-48-29-27-46(4)28-30-48)72(102)87(10)42-61(95)83-55(34-31-49-36-53(79)64(67(81)82)54(80)37-49)70(100)94-41-52(107-17-3)39-58(94)69(99)85-78(44-77(6,7)45-78)76(106)91(14)66(50-24-20-21-25-50)75(105)90(13)59(71(101)86(8)9)40-62(96)88(56)11/h18-19,46-60,64-67H,15-17,20-45H2,1-14H3,(H,83,95)(H,84,98)(H,85,99)/b19-18-/t46?,47-,48?,49?,52+,53?,54?,55-,56-,57-,58-,59-,60-,64?,65-,66-/m0/s1. The molecule has 12 amide bonds. The second kappa shape index (κ2) is 37.7. The molecule has 0 aromatic heterocycles. The molecule has 2 unspecified atom stereocenters. The third-order valence-corrected chi connectivity index (χ3v) is 25.7. The van der Waals surface area contributed by atoms with Crippen molar-refractivity contribution in [3.05, 3.63) is 12.2 Å². The van der Waals surface area contributed by atoms with Gasteiger partial charge in [-0.05, 0) is 132 Å². The van der Waals surface area contributed by atoms with Gasteiger partial charge in [-0.3, -0.25) is 57.5 Å². The highest BCUT2D eigenvalue weighted by molar-refractivity contribution is 6.24. The molecule has 7 fully saturated rings. The van der Waals surface area contributed by atoms with E-state index in [1.54, 1.807) is 6.92 Å². The van der Waals surface area contributed by atoms with Crippen molar-refractivity contribution in [1.29, 1.82) is 0 Å². The van der Waals surface area contributed by atoms with Gasteiger partial charge in [-0.15, -0.1) is 23.2 Å². The van der Waals surface area contributed by atoms with Crippen LogP contribution in [0.1, 0.15) is 203 Å². The highest BCUT2D eigenvalue weighted by Crippen LogP contribution is 2.50. The number of nitrogens with zero attached hydrogens (tertiary/aromatic N) is 9. The number of nitrogens with one attached hydrogen (secondary N) is 3. The number of fused-ring (bicyclic) bond motifs is 3. The van der Waals surface area contributed by atoms with Crippen molar-refractivity contribution in [2.45, 2.75) is 286 Å². The molecule has 2 saturated heterocycles. The number of rotatable bonds is 15. The predicted molar refractivity (Wildman–Crippen MR) is 402 cm³/mol. The number of likely N-dealkylation sites (N-methyl/N-ethyl adjacent to an activating group) is 6. The molecule has 0 radical (unpaired) electrons. The van der Waals surface area contributed by atoms with E-state index in [0.717, 1.165) is 38.5 Å². The van der Waals surface area contributed by atoms with Gasteiger partial charge < -0.3 is 64.8 Å². The van der Waals surface area contributed by atoms with Gasteiger partial charge in [-0.2, -0.15) is 0 Å². The van der Waals surface area contributed by atoms with Gasteiger partial charge >= 0.3 is 0 Å². The van der Waals surface area contributed by atoms with Gasteiger partial charge in [0.15, 0.2) is 0 Å².